The van der Waals surface area contributed by atoms with Gasteiger partial charge >= 0.3 is 0 Å². The molecule has 1 fully saturated rings. The summed E-state index contributed by atoms with van der Waals surface area (Å²) in [5.74, 6) is 1.42. The summed E-state index contributed by atoms with van der Waals surface area (Å²) in [5.41, 5.74) is 2.57. The van der Waals surface area contributed by atoms with Crippen LogP contribution in [0.25, 0.3) is 0 Å². The van der Waals surface area contributed by atoms with Crippen LogP contribution in [0.5, 0.6) is 0 Å². The number of benzene rings is 1. The Morgan fingerprint density at radius 1 is 1.29 bits per heavy atom. The van der Waals surface area contributed by atoms with Crippen molar-refractivity contribution in [3.63, 3.8) is 0 Å². The van der Waals surface area contributed by atoms with E-state index in [2.05, 4.69) is 50.0 Å². The largest absolute Gasteiger partial charge is 0.368 e. The van der Waals surface area contributed by atoms with E-state index in [-0.39, 0.29) is 0 Å². The summed E-state index contributed by atoms with van der Waals surface area (Å²) in [7, 11) is 0. The number of rotatable bonds is 5. The average Bonchev–Trinajstić information content (AvgIpc) is 2.43. The summed E-state index contributed by atoms with van der Waals surface area (Å²) in [6.07, 6.45) is 2.60. The molecule has 0 aromatic heterocycles. The Bertz CT molecular complexity index is 459. The molecule has 0 aliphatic carbocycles. The molecule has 0 radical (unpaired) electrons. The van der Waals surface area contributed by atoms with Gasteiger partial charge < -0.3 is 10.2 Å². The first-order valence-electron chi connectivity index (χ1n) is 8.23. The van der Waals surface area contributed by atoms with Gasteiger partial charge in [-0.25, -0.2) is 0 Å². The fourth-order valence-corrected chi connectivity index (χ4v) is 3.34. The summed E-state index contributed by atoms with van der Waals surface area (Å²) in [4.78, 5) is 2.55. The molecule has 1 saturated heterocycles. The quantitative estimate of drug-likeness (QED) is 0.847. The van der Waals surface area contributed by atoms with Crippen molar-refractivity contribution in [2.24, 2.45) is 11.8 Å². The molecule has 1 N–H and O–H groups in total. The smallest absolute Gasteiger partial charge is 0.0471 e. The van der Waals surface area contributed by atoms with Crippen molar-refractivity contribution >= 4 is 17.3 Å². The van der Waals surface area contributed by atoms with Gasteiger partial charge in [0, 0.05) is 35.4 Å². The van der Waals surface area contributed by atoms with E-state index in [1.807, 2.05) is 6.07 Å². The normalized spacial score (nSPS) is 22.9. The van der Waals surface area contributed by atoms with Crippen LogP contribution >= 0.6 is 11.6 Å². The second-order valence-corrected chi connectivity index (χ2v) is 7.35. The van der Waals surface area contributed by atoms with E-state index in [9.17, 15) is 0 Å². The van der Waals surface area contributed by atoms with E-state index >= 15 is 0 Å². The first-order chi connectivity index (χ1) is 9.99. The minimum absolute atomic E-state index is 0.600. The molecule has 2 atom stereocenters. The third-order valence-electron chi connectivity index (χ3n) is 4.38. The first-order valence-corrected chi connectivity index (χ1v) is 8.61. The molecule has 3 heteroatoms. The standard InChI is InChI=1S/C18H29ClN2/c1-13(2)10-20-11-16-17(19)6-5-7-18(16)21-12-14(3)8-9-15(21)4/h5-7,13-15,20H,8-12H2,1-4H3. The highest BCUT2D eigenvalue weighted by atomic mass is 35.5. The van der Waals surface area contributed by atoms with Crippen LogP contribution < -0.4 is 10.2 Å². The van der Waals surface area contributed by atoms with Crippen LogP contribution in [0.3, 0.4) is 0 Å². The molecule has 2 unspecified atom stereocenters. The Morgan fingerprint density at radius 2 is 2.05 bits per heavy atom. The highest BCUT2D eigenvalue weighted by Gasteiger charge is 2.25. The van der Waals surface area contributed by atoms with Crippen LogP contribution in [0, 0.1) is 11.8 Å². The molecule has 1 aromatic rings. The lowest BCUT2D eigenvalue weighted by Gasteiger charge is -2.40. The van der Waals surface area contributed by atoms with Crippen molar-refractivity contribution in [2.45, 2.75) is 53.1 Å². The summed E-state index contributed by atoms with van der Waals surface area (Å²) in [6.45, 7) is 12.2. The van der Waals surface area contributed by atoms with E-state index in [0.29, 0.717) is 12.0 Å². The molecular weight excluding hydrogens is 280 g/mol. The van der Waals surface area contributed by atoms with Crippen molar-refractivity contribution in [2.75, 3.05) is 18.0 Å². The van der Waals surface area contributed by atoms with E-state index < -0.39 is 0 Å². The summed E-state index contributed by atoms with van der Waals surface area (Å²) in [6, 6.07) is 6.92. The molecule has 0 saturated carbocycles. The Morgan fingerprint density at radius 3 is 2.76 bits per heavy atom. The van der Waals surface area contributed by atoms with Crippen molar-refractivity contribution in [3.05, 3.63) is 28.8 Å². The van der Waals surface area contributed by atoms with Crippen LogP contribution in [-0.4, -0.2) is 19.1 Å². The number of anilines is 1. The topological polar surface area (TPSA) is 15.3 Å². The van der Waals surface area contributed by atoms with E-state index in [1.54, 1.807) is 0 Å². The number of hydrogen-bond donors (Lipinski definition) is 1. The number of piperidine rings is 1. The van der Waals surface area contributed by atoms with Gasteiger partial charge in [-0.1, -0.05) is 38.4 Å². The van der Waals surface area contributed by atoms with E-state index in [4.69, 9.17) is 11.6 Å². The zero-order chi connectivity index (χ0) is 15.4. The maximum Gasteiger partial charge on any atom is 0.0471 e. The third-order valence-corrected chi connectivity index (χ3v) is 4.73. The zero-order valence-electron chi connectivity index (χ0n) is 13.8. The zero-order valence-corrected chi connectivity index (χ0v) is 14.6. The molecule has 2 nitrogen and oxygen atoms in total. The molecule has 0 amide bonds. The van der Waals surface area contributed by atoms with Crippen molar-refractivity contribution in [1.29, 1.82) is 0 Å². The van der Waals surface area contributed by atoms with Crippen LogP contribution in [0.1, 0.15) is 46.1 Å². The molecule has 1 aromatic carbocycles. The molecule has 1 aliphatic heterocycles. The Balaban J connectivity index is 2.19. The highest BCUT2D eigenvalue weighted by Crippen LogP contribution is 2.33. The van der Waals surface area contributed by atoms with Gasteiger partial charge in [0.05, 0.1) is 0 Å². The van der Waals surface area contributed by atoms with E-state index in [0.717, 1.165) is 30.6 Å². The van der Waals surface area contributed by atoms with Gasteiger partial charge in [0.2, 0.25) is 0 Å². The number of nitrogens with zero attached hydrogens (tertiary/aromatic N) is 1. The maximum absolute atomic E-state index is 6.48. The van der Waals surface area contributed by atoms with Crippen LogP contribution in [0.15, 0.2) is 18.2 Å². The lowest BCUT2D eigenvalue weighted by molar-refractivity contribution is 0.389. The fraction of sp³-hybridized carbons (Fsp3) is 0.667. The minimum atomic E-state index is 0.600. The molecule has 1 heterocycles. The molecule has 2 rings (SSSR count). The van der Waals surface area contributed by atoms with Gasteiger partial charge in [0.15, 0.2) is 0 Å². The van der Waals surface area contributed by atoms with Gasteiger partial charge in [-0.15, -0.1) is 0 Å². The Hall–Kier alpha value is -0.730. The van der Waals surface area contributed by atoms with E-state index in [1.165, 1.54) is 24.1 Å². The van der Waals surface area contributed by atoms with Gasteiger partial charge in [-0.05, 0) is 50.3 Å². The number of nitrogens with one attached hydrogen (secondary N) is 1. The highest BCUT2D eigenvalue weighted by molar-refractivity contribution is 6.31. The Labute approximate surface area is 134 Å². The maximum atomic E-state index is 6.48. The van der Waals surface area contributed by atoms with Gasteiger partial charge in [-0.2, -0.15) is 0 Å². The summed E-state index contributed by atoms with van der Waals surface area (Å²) >= 11 is 6.48. The van der Waals surface area contributed by atoms with Gasteiger partial charge in [-0.3, -0.25) is 0 Å². The minimum Gasteiger partial charge on any atom is -0.368 e. The molecule has 21 heavy (non-hydrogen) atoms. The average molecular weight is 309 g/mol. The Kier molecular flexibility index (Phi) is 5.95. The third kappa shape index (κ3) is 4.37. The predicted octanol–water partition coefficient (Wildman–Crippen LogP) is 4.71. The first kappa shape index (κ1) is 16.6. The fourth-order valence-electron chi connectivity index (χ4n) is 3.10. The summed E-state index contributed by atoms with van der Waals surface area (Å²) < 4.78 is 0. The van der Waals surface area contributed by atoms with Gasteiger partial charge in [0.25, 0.3) is 0 Å². The number of hydrogen-bond acceptors (Lipinski definition) is 2. The molecule has 0 bridgehead atoms. The van der Waals surface area contributed by atoms with Crippen LogP contribution in [0.2, 0.25) is 5.02 Å². The van der Waals surface area contributed by atoms with Crippen LogP contribution in [-0.2, 0) is 6.54 Å². The van der Waals surface area contributed by atoms with Gasteiger partial charge in [0.1, 0.15) is 0 Å². The van der Waals surface area contributed by atoms with Crippen molar-refractivity contribution in [1.82, 2.24) is 5.32 Å². The lowest BCUT2D eigenvalue weighted by Crippen LogP contribution is -2.41. The molecule has 1 aliphatic rings. The molecular formula is C18H29ClN2. The molecule has 0 spiro atoms. The van der Waals surface area contributed by atoms with Crippen LogP contribution in [0.4, 0.5) is 5.69 Å². The second-order valence-electron chi connectivity index (χ2n) is 6.95. The molecule has 118 valence electrons. The van der Waals surface area contributed by atoms with Crippen molar-refractivity contribution in [3.8, 4) is 0 Å². The monoisotopic (exact) mass is 308 g/mol. The predicted molar refractivity (Wildman–Crippen MR) is 93.2 cm³/mol. The lowest BCUT2D eigenvalue weighted by atomic mass is 9.93. The SMILES string of the molecule is CC(C)CNCc1c(Cl)cccc1N1CC(C)CCC1C. The van der Waals surface area contributed by atoms with Crippen molar-refractivity contribution < 1.29 is 0 Å². The summed E-state index contributed by atoms with van der Waals surface area (Å²) in [5, 5.41) is 4.42. The number of halogens is 1. The second kappa shape index (κ2) is 7.51.